The van der Waals surface area contributed by atoms with Crippen molar-refractivity contribution in [3.63, 3.8) is 0 Å². The average molecular weight is 603 g/mol. The van der Waals surface area contributed by atoms with E-state index in [-0.39, 0.29) is 36.3 Å². The molecule has 7 rings (SSSR count). The molecule has 0 saturated carbocycles. The fourth-order valence-corrected chi connectivity index (χ4v) is 8.72. The van der Waals surface area contributed by atoms with E-state index >= 15 is 0 Å². The zero-order chi connectivity index (χ0) is 31.9. The van der Waals surface area contributed by atoms with Crippen LogP contribution in [-0.4, -0.2) is 24.1 Å². The second-order valence-electron chi connectivity index (χ2n) is 13.9. The van der Waals surface area contributed by atoms with Gasteiger partial charge in [-0.2, -0.15) is 0 Å². The molecule has 0 spiro atoms. The third-order valence-electron chi connectivity index (χ3n) is 11.1. The lowest BCUT2D eigenvalue weighted by molar-refractivity contribution is -0.136. The lowest BCUT2D eigenvalue weighted by atomic mass is 9.43. The zero-order valence-corrected chi connectivity index (χ0v) is 26.8. The Labute approximate surface area is 264 Å². The number of ketones is 3. The Morgan fingerprint density at radius 2 is 1.64 bits per heavy atom. The highest BCUT2D eigenvalue weighted by Gasteiger charge is 2.64. The normalized spacial score (nSPS) is 26.8. The maximum Gasteiger partial charge on any atom is 0.231 e. The fourth-order valence-electron chi connectivity index (χ4n) is 8.72. The van der Waals surface area contributed by atoms with Gasteiger partial charge < -0.3 is 14.2 Å². The van der Waals surface area contributed by atoms with Crippen LogP contribution in [0.4, 0.5) is 0 Å². The van der Waals surface area contributed by atoms with Gasteiger partial charge in [0.1, 0.15) is 12.4 Å². The molecule has 3 aromatic carbocycles. The molecule has 1 aliphatic heterocycles. The summed E-state index contributed by atoms with van der Waals surface area (Å²) in [5.74, 6) is 1.30. The Balaban J connectivity index is 1.35. The number of rotatable bonds is 5. The number of hydrogen-bond donors (Lipinski definition) is 0. The third kappa shape index (κ3) is 4.18. The topological polar surface area (TPSA) is 78.9 Å². The fraction of sp³-hybridized carbons (Fsp3) is 0.359. The first kappa shape index (κ1) is 29.3. The van der Waals surface area contributed by atoms with E-state index in [1.54, 1.807) is 0 Å². The monoisotopic (exact) mass is 602 g/mol. The van der Waals surface area contributed by atoms with Crippen LogP contribution in [0, 0.1) is 23.2 Å². The minimum absolute atomic E-state index is 0.0214. The summed E-state index contributed by atoms with van der Waals surface area (Å²) in [6, 6.07) is 19.8. The summed E-state index contributed by atoms with van der Waals surface area (Å²) < 4.78 is 17.5. The molecule has 0 amide bonds. The highest BCUT2D eigenvalue weighted by atomic mass is 16.7. The Kier molecular flexibility index (Phi) is 6.52. The molecule has 0 fully saturated rings. The Morgan fingerprint density at radius 1 is 0.911 bits per heavy atom. The van der Waals surface area contributed by atoms with Gasteiger partial charge in [-0.15, -0.1) is 0 Å². The van der Waals surface area contributed by atoms with Crippen LogP contribution in [0.2, 0.25) is 0 Å². The Hall–Kier alpha value is -4.45. The van der Waals surface area contributed by atoms with Crippen molar-refractivity contribution >= 4 is 17.3 Å². The predicted octanol–water partition coefficient (Wildman–Crippen LogP) is 7.90. The second kappa shape index (κ2) is 10.0. The van der Waals surface area contributed by atoms with E-state index in [9.17, 15) is 14.4 Å². The largest absolute Gasteiger partial charge is 0.492 e. The van der Waals surface area contributed by atoms with E-state index in [0.717, 1.165) is 33.4 Å². The first-order chi connectivity index (χ1) is 21.4. The van der Waals surface area contributed by atoms with Crippen LogP contribution in [-0.2, 0) is 27.4 Å². The Morgan fingerprint density at radius 3 is 2.38 bits per heavy atom. The van der Waals surface area contributed by atoms with Gasteiger partial charge in [0.2, 0.25) is 6.79 Å². The first-order valence-electron chi connectivity index (χ1n) is 15.6. The van der Waals surface area contributed by atoms with Crippen molar-refractivity contribution in [3.05, 3.63) is 105 Å². The smallest absolute Gasteiger partial charge is 0.231 e. The summed E-state index contributed by atoms with van der Waals surface area (Å²) in [6.45, 7) is 12.1. The molecular formula is C39H38O6. The summed E-state index contributed by atoms with van der Waals surface area (Å²) in [5.41, 5.74) is 5.05. The molecule has 4 aliphatic rings. The molecule has 0 aromatic heterocycles. The number of carbonyl (C=O) groups is 3. The average Bonchev–Trinajstić information content (AvgIpc) is 3.46. The van der Waals surface area contributed by atoms with Crippen LogP contribution in [0.25, 0.3) is 11.1 Å². The maximum absolute atomic E-state index is 14.7. The van der Waals surface area contributed by atoms with Crippen molar-refractivity contribution in [2.45, 2.75) is 67.4 Å². The molecule has 6 nitrogen and oxygen atoms in total. The highest BCUT2D eigenvalue weighted by Crippen LogP contribution is 2.66. The van der Waals surface area contributed by atoms with E-state index in [4.69, 9.17) is 14.2 Å². The molecule has 230 valence electrons. The van der Waals surface area contributed by atoms with E-state index in [1.165, 1.54) is 6.92 Å². The van der Waals surface area contributed by atoms with E-state index in [2.05, 4.69) is 19.9 Å². The maximum atomic E-state index is 14.7. The van der Waals surface area contributed by atoms with Crippen LogP contribution < -0.4 is 9.47 Å². The van der Waals surface area contributed by atoms with Crippen molar-refractivity contribution < 1.29 is 28.6 Å². The van der Waals surface area contributed by atoms with Crippen molar-refractivity contribution in [1.82, 2.24) is 0 Å². The number of carbonyl (C=O) groups excluding carboxylic acids is 3. The predicted molar refractivity (Wildman–Crippen MR) is 171 cm³/mol. The summed E-state index contributed by atoms with van der Waals surface area (Å²) in [4.78, 5) is 42.3. The third-order valence-corrected chi connectivity index (χ3v) is 11.1. The number of hydrogen-bond acceptors (Lipinski definition) is 6. The van der Waals surface area contributed by atoms with Crippen LogP contribution >= 0.6 is 0 Å². The van der Waals surface area contributed by atoms with Crippen molar-refractivity contribution in [3.8, 4) is 22.6 Å². The van der Waals surface area contributed by atoms with Crippen molar-refractivity contribution in [2.75, 3.05) is 6.79 Å². The summed E-state index contributed by atoms with van der Waals surface area (Å²) in [6.07, 6.45) is 1.68. The van der Waals surface area contributed by atoms with E-state index in [1.807, 2.05) is 75.4 Å². The molecule has 0 unspecified atom stereocenters. The van der Waals surface area contributed by atoms with Gasteiger partial charge in [-0.1, -0.05) is 68.0 Å². The van der Waals surface area contributed by atoms with Gasteiger partial charge in [0.15, 0.2) is 28.8 Å². The standard InChI is InChI=1S/C39H38O6/c1-22-12-14-27(26-13-15-29-30(16-26)45-21-44-29)28-17-37(4)20-38(5)18-31(43-19-25-10-8-7-9-11-25)33(24(3)40)36(42)39(38,6)23(2)34(37)35(41)32(22)28/h7-16H,17-21H2,1-6H3/t37-,38+,39+/m0/s1. The molecule has 1 heterocycles. The van der Waals surface area contributed by atoms with Gasteiger partial charge in [0.05, 0.1) is 11.0 Å². The van der Waals surface area contributed by atoms with Crippen molar-refractivity contribution in [2.24, 2.45) is 16.2 Å². The number of Topliss-reactive ketones (excluding diaryl/α,β-unsaturated/α-hetero) is 3. The van der Waals surface area contributed by atoms with Crippen LogP contribution in [0.1, 0.15) is 74.5 Å². The second-order valence-corrected chi connectivity index (χ2v) is 13.9. The summed E-state index contributed by atoms with van der Waals surface area (Å²) in [7, 11) is 0. The zero-order valence-electron chi connectivity index (χ0n) is 26.8. The quantitative estimate of drug-likeness (QED) is 0.276. The Bertz CT molecular complexity index is 1880. The van der Waals surface area contributed by atoms with Gasteiger partial charge in [-0.3, -0.25) is 14.4 Å². The minimum atomic E-state index is -1.03. The molecule has 3 aliphatic carbocycles. The highest BCUT2D eigenvalue weighted by molar-refractivity contribution is 6.24. The number of benzene rings is 3. The minimum Gasteiger partial charge on any atom is -0.492 e. The van der Waals surface area contributed by atoms with E-state index in [0.29, 0.717) is 47.7 Å². The number of fused-ring (bicyclic) bond motifs is 4. The molecule has 45 heavy (non-hydrogen) atoms. The van der Waals surface area contributed by atoms with Gasteiger partial charge in [0, 0.05) is 23.0 Å². The molecule has 0 saturated heterocycles. The molecule has 6 heteroatoms. The molecule has 0 bridgehead atoms. The van der Waals surface area contributed by atoms with Crippen LogP contribution in [0.5, 0.6) is 11.5 Å². The molecule has 3 atom stereocenters. The first-order valence-corrected chi connectivity index (χ1v) is 15.6. The number of allylic oxidation sites excluding steroid dienone is 4. The lowest BCUT2D eigenvalue weighted by Gasteiger charge is -2.59. The SMILES string of the molecule is CC(=O)C1=C(OCc2ccccc2)C[C@]2(C)C[C@]3(C)Cc4c(-c5ccc6c(c5)OCO6)ccc(C)c4C(=O)C3=C(C)[C@]2(C)C1=O. The van der Waals surface area contributed by atoms with Gasteiger partial charge in [-0.25, -0.2) is 0 Å². The van der Waals surface area contributed by atoms with Crippen LogP contribution in [0.3, 0.4) is 0 Å². The molecule has 0 N–H and O–H groups in total. The molecule has 3 aromatic rings. The van der Waals surface area contributed by atoms with Crippen molar-refractivity contribution in [1.29, 1.82) is 0 Å². The summed E-state index contributed by atoms with van der Waals surface area (Å²) in [5, 5.41) is 0. The lowest BCUT2D eigenvalue weighted by Crippen LogP contribution is -2.57. The molecular weight excluding hydrogens is 564 g/mol. The van der Waals surface area contributed by atoms with Gasteiger partial charge >= 0.3 is 0 Å². The van der Waals surface area contributed by atoms with Crippen LogP contribution in [0.15, 0.2) is 83.1 Å². The number of ether oxygens (including phenoxy) is 3. The summed E-state index contributed by atoms with van der Waals surface area (Å²) >= 11 is 0. The van der Waals surface area contributed by atoms with E-state index < -0.39 is 16.2 Å². The molecule has 0 radical (unpaired) electrons. The number of aryl methyl sites for hydroxylation is 1. The van der Waals surface area contributed by atoms with Gasteiger partial charge in [0.25, 0.3) is 0 Å². The van der Waals surface area contributed by atoms with Gasteiger partial charge in [-0.05, 0) is 85.9 Å².